The molecule has 2 atom stereocenters. The minimum absolute atomic E-state index is 0.225. The molecule has 1 aromatic heterocycles. The molecule has 0 radical (unpaired) electrons. The van der Waals surface area contributed by atoms with Gasteiger partial charge in [0.15, 0.2) is 0 Å². The Labute approximate surface area is 181 Å². The highest BCUT2D eigenvalue weighted by Crippen LogP contribution is 2.24. The fraction of sp³-hybridized carbons (Fsp3) is 0.591. The zero-order valence-corrected chi connectivity index (χ0v) is 18.6. The second kappa shape index (κ2) is 9.39. The van der Waals surface area contributed by atoms with Gasteiger partial charge in [0.05, 0.1) is 6.54 Å². The number of benzene rings is 1. The van der Waals surface area contributed by atoms with Gasteiger partial charge in [0.2, 0.25) is 11.0 Å². The molecule has 2 aromatic rings. The number of amides is 1. The van der Waals surface area contributed by atoms with Crippen LogP contribution < -0.4 is 4.90 Å². The smallest absolute Gasteiger partial charge is 0.236 e. The maximum atomic E-state index is 13.1. The van der Waals surface area contributed by atoms with Crippen LogP contribution in [-0.2, 0) is 11.2 Å². The quantitative estimate of drug-likeness (QED) is 0.729. The van der Waals surface area contributed by atoms with Crippen LogP contribution in [-0.4, -0.2) is 71.7 Å². The number of halogens is 1. The van der Waals surface area contributed by atoms with Crippen molar-refractivity contribution >= 4 is 22.4 Å². The Morgan fingerprint density at radius 1 is 1.07 bits per heavy atom. The second-order valence-corrected chi connectivity index (χ2v) is 9.83. The Balaban J connectivity index is 1.26. The highest BCUT2D eigenvalue weighted by atomic mass is 32.1. The number of carbonyl (C=O) groups is 1. The predicted molar refractivity (Wildman–Crippen MR) is 117 cm³/mol. The molecule has 2 fully saturated rings. The largest absolute Gasteiger partial charge is 0.344 e. The van der Waals surface area contributed by atoms with Gasteiger partial charge in [-0.25, -0.2) is 4.39 Å². The van der Waals surface area contributed by atoms with Gasteiger partial charge in [-0.3, -0.25) is 9.69 Å². The zero-order valence-electron chi connectivity index (χ0n) is 17.8. The van der Waals surface area contributed by atoms with E-state index >= 15 is 0 Å². The van der Waals surface area contributed by atoms with E-state index < -0.39 is 0 Å². The first-order valence-electron chi connectivity index (χ1n) is 10.8. The lowest BCUT2D eigenvalue weighted by atomic mass is 9.92. The first-order chi connectivity index (χ1) is 14.5. The molecule has 1 aromatic carbocycles. The zero-order chi connectivity index (χ0) is 21.1. The third kappa shape index (κ3) is 5.35. The predicted octanol–water partition coefficient (Wildman–Crippen LogP) is 2.89. The van der Waals surface area contributed by atoms with E-state index in [1.54, 1.807) is 23.5 Å². The Bertz CT molecular complexity index is 839. The molecule has 0 bridgehead atoms. The van der Waals surface area contributed by atoms with Crippen molar-refractivity contribution in [1.29, 1.82) is 0 Å². The van der Waals surface area contributed by atoms with E-state index in [2.05, 4.69) is 38.7 Å². The molecule has 2 saturated heterocycles. The van der Waals surface area contributed by atoms with Crippen molar-refractivity contribution in [3.05, 3.63) is 40.7 Å². The lowest BCUT2D eigenvalue weighted by Crippen LogP contribution is -2.52. The summed E-state index contributed by atoms with van der Waals surface area (Å²) in [6.07, 6.45) is 1.88. The molecule has 30 heavy (non-hydrogen) atoms. The van der Waals surface area contributed by atoms with E-state index in [1.807, 2.05) is 0 Å². The van der Waals surface area contributed by atoms with Gasteiger partial charge in [0.1, 0.15) is 10.8 Å². The van der Waals surface area contributed by atoms with Crippen molar-refractivity contribution in [2.75, 3.05) is 50.7 Å². The summed E-state index contributed by atoms with van der Waals surface area (Å²) in [6.45, 7) is 10.2. The van der Waals surface area contributed by atoms with Crippen LogP contribution >= 0.6 is 11.3 Å². The molecule has 0 N–H and O–H groups in total. The summed E-state index contributed by atoms with van der Waals surface area (Å²) >= 11 is 1.59. The van der Waals surface area contributed by atoms with Gasteiger partial charge in [0, 0.05) is 45.7 Å². The highest BCUT2D eigenvalue weighted by Gasteiger charge is 2.28. The molecule has 3 heterocycles. The summed E-state index contributed by atoms with van der Waals surface area (Å²) in [4.78, 5) is 19.3. The Hall–Kier alpha value is -2.06. The van der Waals surface area contributed by atoms with Gasteiger partial charge in [0.25, 0.3) is 0 Å². The van der Waals surface area contributed by atoms with Crippen LogP contribution in [0.2, 0.25) is 0 Å². The Morgan fingerprint density at radius 2 is 1.73 bits per heavy atom. The third-order valence-electron chi connectivity index (χ3n) is 5.95. The molecular weight excluding hydrogens is 401 g/mol. The lowest BCUT2D eigenvalue weighted by Gasteiger charge is -2.38. The number of aromatic nitrogens is 2. The van der Waals surface area contributed by atoms with E-state index in [-0.39, 0.29) is 11.7 Å². The molecule has 0 spiro atoms. The fourth-order valence-corrected chi connectivity index (χ4v) is 5.40. The summed E-state index contributed by atoms with van der Waals surface area (Å²) in [6, 6.07) is 6.53. The average molecular weight is 432 g/mol. The average Bonchev–Trinajstić information content (AvgIpc) is 3.18. The molecule has 2 aliphatic heterocycles. The number of carbonyl (C=O) groups excluding carboxylic acids is 1. The lowest BCUT2D eigenvalue weighted by molar-refractivity contribution is -0.135. The maximum Gasteiger partial charge on any atom is 0.236 e. The summed E-state index contributed by atoms with van der Waals surface area (Å²) in [5.74, 6) is 1.23. The summed E-state index contributed by atoms with van der Waals surface area (Å²) in [5, 5.41) is 10.5. The highest BCUT2D eigenvalue weighted by molar-refractivity contribution is 7.15. The van der Waals surface area contributed by atoms with Crippen molar-refractivity contribution in [2.45, 2.75) is 26.7 Å². The van der Waals surface area contributed by atoms with Crippen molar-refractivity contribution in [2.24, 2.45) is 11.8 Å². The number of anilines is 1. The minimum atomic E-state index is -0.225. The molecule has 6 nitrogen and oxygen atoms in total. The van der Waals surface area contributed by atoms with Gasteiger partial charge < -0.3 is 9.80 Å². The van der Waals surface area contributed by atoms with Crippen LogP contribution in [0.5, 0.6) is 0 Å². The Kier molecular flexibility index (Phi) is 6.63. The molecule has 162 valence electrons. The normalized spacial score (nSPS) is 23.0. The molecule has 2 aliphatic rings. The van der Waals surface area contributed by atoms with Crippen LogP contribution in [0.3, 0.4) is 0 Å². The summed E-state index contributed by atoms with van der Waals surface area (Å²) in [5.41, 5.74) is 1.03. The number of hydrogen-bond donors (Lipinski definition) is 0. The number of likely N-dealkylation sites (tertiary alicyclic amines) is 1. The summed E-state index contributed by atoms with van der Waals surface area (Å²) < 4.78 is 13.1. The van der Waals surface area contributed by atoms with Gasteiger partial charge in [-0.15, -0.1) is 10.2 Å². The van der Waals surface area contributed by atoms with Gasteiger partial charge in [-0.2, -0.15) is 0 Å². The molecule has 8 heteroatoms. The van der Waals surface area contributed by atoms with Crippen LogP contribution in [0.1, 0.15) is 30.8 Å². The fourth-order valence-electron chi connectivity index (χ4n) is 4.48. The molecule has 0 aliphatic carbocycles. The molecular formula is C22H30FN5OS. The van der Waals surface area contributed by atoms with E-state index in [0.29, 0.717) is 24.8 Å². The van der Waals surface area contributed by atoms with Crippen LogP contribution in [0.25, 0.3) is 0 Å². The monoisotopic (exact) mass is 431 g/mol. The van der Waals surface area contributed by atoms with Crippen LogP contribution in [0, 0.1) is 17.7 Å². The van der Waals surface area contributed by atoms with E-state index in [4.69, 9.17) is 0 Å². The molecule has 4 rings (SSSR count). The van der Waals surface area contributed by atoms with Gasteiger partial charge >= 0.3 is 0 Å². The van der Waals surface area contributed by atoms with Crippen LogP contribution in [0.15, 0.2) is 24.3 Å². The van der Waals surface area contributed by atoms with Crippen molar-refractivity contribution < 1.29 is 9.18 Å². The third-order valence-corrected chi connectivity index (χ3v) is 6.93. The van der Waals surface area contributed by atoms with Gasteiger partial charge in [-0.1, -0.05) is 37.3 Å². The number of hydrogen-bond acceptors (Lipinski definition) is 6. The van der Waals surface area contributed by atoms with Crippen molar-refractivity contribution in [1.82, 2.24) is 20.0 Å². The molecule has 0 saturated carbocycles. The SMILES string of the molecule is CC1CC(C)CN(C(=O)CN2CCN(c3nnc(Cc4ccc(F)cc4)s3)CC2)C1. The first-order valence-corrected chi connectivity index (χ1v) is 11.6. The van der Waals surface area contributed by atoms with Gasteiger partial charge in [-0.05, 0) is 36.0 Å². The number of rotatable bonds is 5. The number of piperidine rings is 1. The topological polar surface area (TPSA) is 52.6 Å². The minimum Gasteiger partial charge on any atom is -0.344 e. The maximum absolute atomic E-state index is 13.1. The van der Waals surface area contributed by atoms with E-state index in [0.717, 1.165) is 55.0 Å². The molecule has 1 amide bonds. The number of nitrogens with zero attached hydrogens (tertiary/aromatic N) is 5. The van der Waals surface area contributed by atoms with E-state index in [9.17, 15) is 9.18 Å². The number of piperazine rings is 1. The van der Waals surface area contributed by atoms with Crippen molar-refractivity contribution in [3.8, 4) is 0 Å². The Morgan fingerprint density at radius 3 is 2.40 bits per heavy atom. The van der Waals surface area contributed by atoms with E-state index in [1.165, 1.54) is 18.6 Å². The van der Waals surface area contributed by atoms with Crippen LogP contribution in [0.4, 0.5) is 9.52 Å². The van der Waals surface area contributed by atoms with Crippen molar-refractivity contribution in [3.63, 3.8) is 0 Å². The standard InChI is InChI=1S/C22H30FN5OS/c1-16-11-17(2)14-28(13-16)21(29)15-26-7-9-27(10-8-26)22-25-24-20(30-22)12-18-3-5-19(23)6-4-18/h3-6,16-17H,7-15H2,1-2H3. The first kappa shape index (κ1) is 21.2. The summed E-state index contributed by atoms with van der Waals surface area (Å²) in [7, 11) is 0. The second-order valence-electron chi connectivity index (χ2n) is 8.79. The molecule has 2 unspecified atom stereocenters.